The molecule has 0 bridgehead atoms. The van der Waals surface area contributed by atoms with Crippen LogP contribution in [-0.2, 0) is 14.8 Å². The van der Waals surface area contributed by atoms with E-state index in [-0.39, 0.29) is 6.10 Å². The minimum Gasteiger partial charge on any atom is -0.375 e. The van der Waals surface area contributed by atoms with Gasteiger partial charge in [0.1, 0.15) is 0 Å². The van der Waals surface area contributed by atoms with Gasteiger partial charge in [0.05, 0.1) is 18.5 Å². The van der Waals surface area contributed by atoms with Crippen LogP contribution in [0.1, 0.15) is 25.7 Å². The summed E-state index contributed by atoms with van der Waals surface area (Å²) in [6.45, 7) is 3.42. The highest BCUT2D eigenvalue weighted by atomic mass is 32.2. The molecule has 0 aromatic carbocycles. The summed E-state index contributed by atoms with van der Waals surface area (Å²) in [5.74, 6) is 0. The van der Waals surface area contributed by atoms with Crippen molar-refractivity contribution in [3.63, 3.8) is 0 Å². The molecule has 106 valence electrons. The van der Waals surface area contributed by atoms with E-state index in [1.165, 1.54) is 6.26 Å². The Morgan fingerprint density at radius 2 is 1.39 bits per heavy atom. The molecule has 0 aliphatic carbocycles. The molecule has 0 spiro atoms. The number of piperidine rings is 2. The molecule has 2 saturated heterocycles. The molecule has 0 amide bonds. The SMILES string of the molecule is CN1CCC(OC2CCN(S(C)(=O)=O)CC2)CC1. The number of nitrogens with zero attached hydrogens (tertiary/aromatic N) is 2. The fraction of sp³-hybridized carbons (Fsp3) is 1.00. The van der Waals surface area contributed by atoms with Crippen molar-refractivity contribution in [2.45, 2.75) is 37.9 Å². The third-order valence-electron chi connectivity index (χ3n) is 3.92. The van der Waals surface area contributed by atoms with Crippen molar-refractivity contribution < 1.29 is 13.2 Å². The Hall–Kier alpha value is -0.170. The maximum Gasteiger partial charge on any atom is 0.211 e. The zero-order valence-corrected chi connectivity index (χ0v) is 12.2. The summed E-state index contributed by atoms with van der Waals surface area (Å²) < 4.78 is 30.4. The Balaban J connectivity index is 1.74. The maximum absolute atomic E-state index is 11.4. The zero-order valence-electron chi connectivity index (χ0n) is 11.3. The highest BCUT2D eigenvalue weighted by Crippen LogP contribution is 2.21. The molecule has 6 heteroatoms. The molecule has 0 radical (unpaired) electrons. The van der Waals surface area contributed by atoms with Crippen LogP contribution in [0, 0.1) is 0 Å². The highest BCUT2D eigenvalue weighted by Gasteiger charge is 2.28. The van der Waals surface area contributed by atoms with Crippen LogP contribution in [0.5, 0.6) is 0 Å². The van der Waals surface area contributed by atoms with Crippen LogP contribution >= 0.6 is 0 Å². The fourth-order valence-corrected chi connectivity index (χ4v) is 3.57. The number of rotatable bonds is 3. The standard InChI is InChI=1S/C12H24N2O3S/c1-13-7-3-11(4-8-13)17-12-5-9-14(10-6-12)18(2,15)16/h11-12H,3-10H2,1-2H3. The summed E-state index contributed by atoms with van der Waals surface area (Å²) in [7, 11) is -0.879. The van der Waals surface area contributed by atoms with Gasteiger partial charge >= 0.3 is 0 Å². The number of hydrogen-bond donors (Lipinski definition) is 0. The molecule has 0 saturated carbocycles. The Morgan fingerprint density at radius 1 is 0.944 bits per heavy atom. The number of hydrogen-bond acceptors (Lipinski definition) is 4. The summed E-state index contributed by atoms with van der Waals surface area (Å²) in [5.41, 5.74) is 0. The molecule has 18 heavy (non-hydrogen) atoms. The first-order chi connectivity index (χ1) is 8.45. The van der Waals surface area contributed by atoms with Crippen LogP contribution in [-0.4, -0.2) is 69.3 Å². The van der Waals surface area contributed by atoms with E-state index in [4.69, 9.17) is 4.74 Å². The second kappa shape index (κ2) is 5.86. The van der Waals surface area contributed by atoms with Gasteiger partial charge in [-0.05, 0) is 32.7 Å². The second-order valence-electron chi connectivity index (χ2n) is 5.50. The topological polar surface area (TPSA) is 49.9 Å². The Bertz CT molecular complexity index is 356. The van der Waals surface area contributed by atoms with Crippen LogP contribution in [0.3, 0.4) is 0 Å². The monoisotopic (exact) mass is 276 g/mol. The van der Waals surface area contributed by atoms with Gasteiger partial charge in [0, 0.05) is 26.2 Å². The van der Waals surface area contributed by atoms with Crippen molar-refractivity contribution >= 4 is 10.0 Å². The molecular weight excluding hydrogens is 252 g/mol. The quantitative estimate of drug-likeness (QED) is 0.754. The number of sulfonamides is 1. The Labute approximate surface area is 110 Å². The van der Waals surface area contributed by atoms with Crippen molar-refractivity contribution in [3.8, 4) is 0 Å². The normalized spacial score (nSPS) is 26.6. The van der Waals surface area contributed by atoms with E-state index in [0.717, 1.165) is 38.8 Å². The summed E-state index contributed by atoms with van der Waals surface area (Å²) >= 11 is 0. The predicted molar refractivity (Wildman–Crippen MR) is 71.0 cm³/mol. The third-order valence-corrected chi connectivity index (χ3v) is 5.22. The van der Waals surface area contributed by atoms with E-state index >= 15 is 0 Å². The van der Waals surface area contributed by atoms with E-state index in [9.17, 15) is 8.42 Å². The first-order valence-electron chi connectivity index (χ1n) is 6.74. The molecule has 0 aromatic rings. The molecule has 2 aliphatic heterocycles. The lowest BCUT2D eigenvalue weighted by atomic mass is 10.1. The highest BCUT2D eigenvalue weighted by molar-refractivity contribution is 7.88. The first kappa shape index (κ1) is 14.2. The molecule has 0 atom stereocenters. The van der Waals surface area contributed by atoms with Crippen molar-refractivity contribution in [2.24, 2.45) is 0 Å². The lowest BCUT2D eigenvalue weighted by Crippen LogP contribution is -2.42. The van der Waals surface area contributed by atoms with Gasteiger partial charge in [0.25, 0.3) is 0 Å². The Kier molecular flexibility index (Phi) is 4.64. The van der Waals surface area contributed by atoms with Gasteiger partial charge in [-0.2, -0.15) is 0 Å². The molecule has 0 aromatic heterocycles. The third kappa shape index (κ3) is 3.91. The van der Waals surface area contributed by atoms with E-state index in [1.807, 2.05) is 0 Å². The van der Waals surface area contributed by atoms with Crippen molar-refractivity contribution in [3.05, 3.63) is 0 Å². The average molecular weight is 276 g/mol. The van der Waals surface area contributed by atoms with E-state index < -0.39 is 10.0 Å². The summed E-state index contributed by atoms with van der Waals surface area (Å²) in [6, 6.07) is 0. The Morgan fingerprint density at radius 3 is 1.83 bits per heavy atom. The smallest absolute Gasteiger partial charge is 0.211 e. The number of ether oxygens (including phenoxy) is 1. The van der Waals surface area contributed by atoms with Gasteiger partial charge < -0.3 is 9.64 Å². The summed E-state index contributed by atoms with van der Waals surface area (Å²) in [4.78, 5) is 2.33. The van der Waals surface area contributed by atoms with Crippen LogP contribution in [0.2, 0.25) is 0 Å². The molecule has 2 aliphatic rings. The van der Waals surface area contributed by atoms with E-state index in [0.29, 0.717) is 19.2 Å². The molecule has 0 N–H and O–H groups in total. The lowest BCUT2D eigenvalue weighted by Gasteiger charge is -2.35. The van der Waals surface area contributed by atoms with Crippen LogP contribution in [0.15, 0.2) is 0 Å². The van der Waals surface area contributed by atoms with Gasteiger partial charge in [-0.1, -0.05) is 0 Å². The lowest BCUT2D eigenvalue weighted by molar-refractivity contribution is -0.0563. The summed E-state index contributed by atoms with van der Waals surface area (Å²) in [5, 5.41) is 0. The average Bonchev–Trinajstić information content (AvgIpc) is 2.32. The second-order valence-corrected chi connectivity index (χ2v) is 7.48. The van der Waals surface area contributed by atoms with Crippen molar-refractivity contribution in [1.29, 1.82) is 0 Å². The molecule has 2 rings (SSSR count). The van der Waals surface area contributed by atoms with Gasteiger partial charge in [-0.25, -0.2) is 12.7 Å². The van der Waals surface area contributed by atoms with Crippen molar-refractivity contribution in [2.75, 3.05) is 39.5 Å². The minimum atomic E-state index is -3.02. The van der Waals surface area contributed by atoms with Gasteiger partial charge in [-0.3, -0.25) is 0 Å². The van der Waals surface area contributed by atoms with E-state index in [2.05, 4.69) is 11.9 Å². The van der Waals surface area contributed by atoms with E-state index in [1.54, 1.807) is 4.31 Å². The molecule has 2 fully saturated rings. The molecule has 2 heterocycles. The first-order valence-corrected chi connectivity index (χ1v) is 8.59. The van der Waals surface area contributed by atoms with Gasteiger partial charge in [-0.15, -0.1) is 0 Å². The zero-order chi connectivity index (χ0) is 13.2. The summed E-state index contributed by atoms with van der Waals surface area (Å²) in [6.07, 6.45) is 5.77. The van der Waals surface area contributed by atoms with Gasteiger partial charge in [0.2, 0.25) is 10.0 Å². The molecule has 0 unspecified atom stereocenters. The molecular formula is C12H24N2O3S. The molecule has 5 nitrogen and oxygen atoms in total. The van der Waals surface area contributed by atoms with Crippen LogP contribution in [0.25, 0.3) is 0 Å². The van der Waals surface area contributed by atoms with Crippen LogP contribution in [0.4, 0.5) is 0 Å². The van der Waals surface area contributed by atoms with Gasteiger partial charge in [0.15, 0.2) is 0 Å². The minimum absolute atomic E-state index is 0.247. The largest absolute Gasteiger partial charge is 0.375 e. The maximum atomic E-state index is 11.4. The number of likely N-dealkylation sites (tertiary alicyclic amines) is 1. The fourth-order valence-electron chi connectivity index (χ4n) is 2.69. The predicted octanol–water partition coefficient (Wildman–Crippen LogP) is 0.521. The van der Waals surface area contributed by atoms with Crippen molar-refractivity contribution in [1.82, 2.24) is 9.21 Å². The van der Waals surface area contributed by atoms with Crippen LogP contribution < -0.4 is 0 Å².